The van der Waals surface area contributed by atoms with Crippen LogP contribution in [-0.2, 0) is 64.0 Å². The lowest BCUT2D eigenvalue weighted by atomic mass is 10.00. The Labute approximate surface area is 475 Å². The molecule has 1 aliphatic rings. The number of carbonyl (C=O) groups excluding carboxylic acids is 9. The topological polar surface area (TPSA) is 389 Å². The van der Waals surface area contributed by atoms with Crippen molar-refractivity contribution in [1.82, 2.24) is 42.5 Å². The zero-order chi connectivity index (χ0) is 58.5. The molecule has 2 unspecified atom stereocenters. The minimum Gasteiger partial charge on any atom is -0.508 e. The fourth-order valence-electron chi connectivity index (χ4n) is 8.24. The first-order chi connectivity index (χ1) is 38.1. The number of benzene rings is 4. The molecule has 0 radical (unpaired) electrons. The van der Waals surface area contributed by atoms with E-state index in [1.54, 1.807) is 31.3 Å². The number of rotatable bonds is 20. The lowest BCUT2D eigenvalue weighted by Gasteiger charge is -2.29. The molecule has 0 aromatic heterocycles. The van der Waals surface area contributed by atoms with Gasteiger partial charge < -0.3 is 75.1 Å². The highest BCUT2D eigenvalue weighted by atomic mass is 35.5. The molecule has 9 amide bonds. The summed E-state index contributed by atoms with van der Waals surface area (Å²) in [6, 6.07) is 12.9. The molecule has 1 aliphatic heterocycles. The van der Waals surface area contributed by atoms with E-state index in [-0.39, 0.29) is 73.6 Å². The number of nitrogens with two attached hydrogens (primary N) is 3. The van der Waals surface area contributed by atoms with Crippen molar-refractivity contribution < 1.29 is 58.5 Å². The number of carbonyl (C=O) groups is 9. The molecule has 4 aromatic carbocycles. The lowest BCUT2D eigenvalue weighted by molar-refractivity contribution is -0.136. The summed E-state index contributed by atoms with van der Waals surface area (Å²) < 4.78 is 0. The first kappa shape index (κ1) is 63.4. The number of aromatic hydroxyl groups is 2. The summed E-state index contributed by atoms with van der Waals surface area (Å²) >= 11 is 6.12. The Hall–Kier alpha value is -7.42. The normalized spacial score (nSPS) is 20.9. The van der Waals surface area contributed by atoms with E-state index >= 15 is 0 Å². The van der Waals surface area contributed by atoms with Gasteiger partial charge in [0.2, 0.25) is 53.2 Å². The van der Waals surface area contributed by atoms with Crippen molar-refractivity contribution in [2.24, 2.45) is 17.2 Å². The first-order valence-corrected chi connectivity index (χ1v) is 28.4. The molecule has 0 saturated carbocycles. The van der Waals surface area contributed by atoms with Crippen LogP contribution in [0.2, 0.25) is 5.02 Å². The van der Waals surface area contributed by atoms with Gasteiger partial charge in [0.05, 0.1) is 12.1 Å². The molecule has 26 heteroatoms. The summed E-state index contributed by atoms with van der Waals surface area (Å²) in [7, 11) is 3.50. The fraction of sp³-hybridized carbons (Fsp3) is 0.389. The number of hydrogen-bond acceptors (Lipinski definition) is 16. The van der Waals surface area contributed by atoms with Gasteiger partial charge in [0.25, 0.3) is 0 Å². The summed E-state index contributed by atoms with van der Waals surface area (Å²) in [6.07, 6.45) is -1.39. The van der Waals surface area contributed by atoms with Crippen molar-refractivity contribution in [1.29, 1.82) is 0 Å². The Balaban J connectivity index is 1.59. The number of nitrogens with one attached hydrogen (secondary N) is 8. The van der Waals surface area contributed by atoms with Gasteiger partial charge in [0.1, 0.15) is 53.8 Å². The average Bonchev–Trinajstić information content (AvgIpc) is 3.43. The third kappa shape index (κ3) is 20.0. The molecule has 4 aromatic rings. The average molecular weight is 1160 g/mol. The third-order valence-corrected chi connectivity index (χ3v) is 15.5. The molecule has 1 heterocycles. The Morgan fingerprint density at radius 1 is 0.637 bits per heavy atom. The Morgan fingerprint density at radius 2 is 1.12 bits per heavy atom. The van der Waals surface area contributed by atoms with E-state index in [2.05, 4.69) is 42.5 Å². The van der Waals surface area contributed by atoms with Crippen LogP contribution >= 0.6 is 33.2 Å². The van der Waals surface area contributed by atoms with Gasteiger partial charge in [-0.3, -0.25) is 43.2 Å². The van der Waals surface area contributed by atoms with Crippen LogP contribution in [-0.4, -0.2) is 148 Å². The van der Waals surface area contributed by atoms with Crippen LogP contribution in [0, 0.1) is 0 Å². The molecule has 80 heavy (non-hydrogen) atoms. The monoisotopic (exact) mass is 1160 g/mol. The maximum absolute atomic E-state index is 14.8. The number of hydrogen-bond donors (Lipinski definition) is 14. The second-order valence-corrected chi connectivity index (χ2v) is 22.0. The highest BCUT2D eigenvalue weighted by molar-refractivity contribution is 8.76. The van der Waals surface area contributed by atoms with Gasteiger partial charge in [-0.1, -0.05) is 81.7 Å². The van der Waals surface area contributed by atoms with Gasteiger partial charge in [-0.2, -0.15) is 0 Å². The molecule has 5 rings (SSSR count). The molecule has 1 saturated heterocycles. The Morgan fingerprint density at radius 3 is 1.65 bits per heavy atom. The Bertz CT molecular complexity index is 2780. The van der Waals surface area contributed by atoms with Crippen LogP contribution in [0.25, 0.3) is 0 Å². The quantitative estimate of drug-likeness (QED) is 0.0392. The van der Waals surface area contributed by atoms with Crippen molar-refractivity contribution in [3.63, 3.8) is 0 Å². The van der Waals surface area contributed by atoms with Crippen molar-refractivity contribution in [2.75, 3.05) is 25.1 Å². The third-order valence-electron chi connectivity index (χ3n) is 12.8. The van der Waals surface area contributed by atoms with Crippen molar-refractivity contribution in [2.45, 2.75) is 106 Å². The summed E-state index contributed by atoms with van der Waals surface area (Å²) in [5.41, 5.74) is 19.3. The summed E-state index contributed by atoms with van der Waals surface area (Å²) in [4.78, 5) is 126. The summed E-state index contributed by atoms with van der Waals surface area (Å²) in [5, 5.41) is 52.9. The van der Waals surface area contributed by atoms with E-state index in [1.807, 2.05) is 0 Å². The highest BCUT2D eigenvalue weighted by Gasteiger charge is 2.37. The van der Waals surface area contributed by atoms with Crippen molar-refractivity contribution in [3.05, 3.63) is 130 Å². The van der Waals surface area contributed by atoms with Crippen LogP contribution < -0.4 is 59.7 Å². The zero-order valence-electron chi connectivity index (χ0n) is 43.9. The molecule has 430 valence electrons. The molecule has 9 atom stereocenters. The molecular formula is C54H68ClN11O12S2. The minimum atomic E-state index is -1.75. The van der Waals surface area contributed by atoms with Gasteiger partial charge in [-0.05, 0) is 117 Å². The maximum atomic E-state index is 14.8. The highest BCUT2D eigenvalue weighted by Crippen LogP contribution is 2.24. The molecule has 0 spiro atoms. The number of amides is 9. The van der Waals surface area contributed by atoms with Gasteiger partial charge in [0, 0.05) is 41.4 Å². The number of aliphatic hydroxyl groups is 1. The summed E-state index contributed by atoms with van der Waals surface area (Å²) in [6.45, 7) is 1.42. The van der Waals surface area contributed by atoms with Crippen LogP contribution in [0.4, 0.5) is 0 Å². The SMILES string of the molecule is CN[C@@H](Cc1ccc(Cl)cc1)C(=O)N[C@@H]1CSSC[C@@H](C(=O)N[C@H](Cc2ccc(O)cc2)C(N)=O)NC(=O)C(C(C)O)NC(=O)[C@H](CCCCN)NC(=O)[C@@H](Cc2ccc(C(N)=O)cc2)NC(=O)[C@H](Cc2ccc(O)cc2)NC1=O. The molecule has 17 N–H and O–H groups in total. The van der Waals surface area contributed by atoms with Crippen LogP contribution in [0.1, 0.15) is 58.8 Å². The fourth-order valence-corrected chi connectivity index (χ4v) is 10.7. The molecule has 23 nitrogen and oxygen atoms in total. The van der Waals surface area contributed by atoms with E-state index in [1.165, 1.54) is 79.7 Å². The minimum absolute atomic E-state index is 0.0495. The maximum Gasteiger partial charge on any atom is 0.248 e. The summed E-state index contributed by atoms with van der Waals surface area (Å²) in [5.74, 6) is -8.50. The number of phenolic OH excluding ortho intramolecular Hbond substituents is 2. The van der Waals surface area contributed by atoms with Crippen molar-refractivity contribution >= 4 is 86.4 Å². The van der Waals surface area contributed by atoms with Crippen LogP contribution in [0.3, 0.4) is 0 Å². The number of aliphatic hydroxyl groups excluding tert-OH is 1. The van der Waals surface area contributed by atoms with E-state index in [0.717, 1.165) is 27.2 Å². The zero-order valence-corrected chi connectivity index (χ0v) is 46.3. The largest absolute Gasteiger partial charge is 0.508 e. The number of likely N-dealkylation sites (N-methyl/N-ethyl adjacent to an activating group) is 1. The molecule has 0 bridgehead atoms. The smallest absolute Gasteiger partial charge is 0.248 e. The standard InChI is InChI=1S/C54H68ClN11O12S2/c1-29(67)45-54(78)65-44(52(76)61-39(47(58)71)23-32-10-18-36(68)19-11-32)28-80-79-27-43(64-49(73)40(59-2)24-31-8-16-35(55)17-9-31)53(77)63-42(26-33-12-20-37(69)21-13-33)51(75)62-41(25-30-6-14-34(15-7-30)46(57)70)50(74)60-38(48(72)66-45)5-3-4-22-56/h6-21,29,38-45,59,67-69H,3-5,22-28,56H2,1-2H3,(H2,57,70)(H2,58,71)(H,60,74)(H,61,76)(H,62,75)(H,63,77)(H,64,73)(H,65,78)(H,66,72)/t29?,38-,39+,40-,41+,42-,43+,44-,45?/m0/s1. The van der Waals surface area contributed by atoms with Gasteiger partial charge >= 0.3 is 0 Å². The second-order valence-electron chi connectivity index (χ2n) is 19.0. The lowest BCUT2D eigenvalue weighted by Crippen LogP contribution is -2.62. The van der Waals surface area contributed by atoms with Crippen LogP contribution in [0.15, 0.2) is 97.1 Å². The predicted octanol–water partition coefficient (Wildman–Crippen LogP) is -0.508. The number of unbranched alkanes of at least 4 members (excludes halogenated alkanes) is 1. The Kier molecular flexibility index (Phi) is 24.9. The van der Waals surface area contributed by atoms with E-state index in [0.29, 0.717) is 28.1 Å². The molecular weight excluding hydrogens is 1090 g/mol. The van der Waals surface area contributed by atoms with E-state index in [4.69, 9.17) is 28.8 Å². The van der Waals surface area contributed by atoms with Crippen molar-refractivity contribution in [3.8, 4) is 11.5 Å². The van der Waals surface area contributed by atoms with Gasteiger partial charge in [-0.15, -0.1) is 0 Å². The van der Waals surface area contributed by atoms with E-state index < -0.39 is 108 Å². The van der Waals surface area contributed by atoms with Crippen LogP contribution in [0.5, 0.6) is 11.5 Å². The number of halogens is 1. The molecule has 1 fully saturated rings. The number of primary amides is 2. The van der Waals surface area contributed by atoms with Gasteiger partial charge in [-0.25, -0.2) is 0 Å². The first-order valence-electron chi connectivity index (χ1n) is 25.5. The predicted molar refractivity (Wildman–Crippen MR) is 303 cm³/mol. The second kappa shape index (κ2) is 31.4. The molecule has 0 aliphatic carbocycles. The van der Waals surface area contributed by atoms with Gasteiger partial charge in [0.15, 0.2) is 0 Å². The number of phenols is 2. The van der Waals surface area contributed by atoms with E-state index in [9.17, 15) is 58.5 Å².